The van der Waals surface area contributed by atoms with Crippen LogP contribution in [0, 0.1) is 0 Å². The summed E-state index contributed by atoms with van der Waals surface area (Å²) in [5, 5.41) is 29.1. The molecule has 3 N–H and O–H groups in total. The van der Waals surface area contributed by atoms with E-state index in [1.165, 1.54) is 7.11 Å². The normalized spacial score (nSPS) is 16.9. The van der Waals surface area contributed by atoms with Crippen LogP contribution in [0.25, 0.3) is 0 Å². The van der Waals surface area contributed by atoms with Gasteiger partial charge < -0.3 is 34.3 Å². The van der Waals surface area contributed by atoms with Crippen LogP contribution in [0.15, 0.2) is 24.3 Å². The summed E-state index contributed by atoms with van der Waals surface area (Å²) in [6, 6.07) is 6.85. The highest BCUT2D eigenvalue weighted by Crippen LogP contribution is 2.16. The lowest BCUT2D eigenvalue weighted by Crippen LogP contribution is -2.51. The van der Waals surface area contributed by atoms with Gasteiger partial charge in [0.2, 0.25) is 0 Å². The smallest absolute Gasteiger partial charge is 0.320 e. The van der Waals surface area contributed by atoms with Crippen LogP contribution in [0.2, 0.25) is 0 Å². The second-order valence-electron chi connectivity index (χ2n) is 11.3. The predicted molar refractivity (Wildman–Crippen MR) is 172 cm³/mol. The molecule has 0 unspecified atom stereocenters. The Morgan fingerprint density at radius 3 is 1.74 bits per heavy atom. The second-order valence-corrected chi connectivity index (χ2v) is 11.3. The van der Waals surface area contributed by atoms with Gasteiger partial charge in [-0.1, -0.05) is 12.1 Å². The van der Waals surface area contributed by atoms with E-state index in [4.69, 9.17) is 18.9 Å². The third-order valence-electron chi connectivity index (χ3n) is 7.83. The Morgan fingerprint density at radius 2 is 1.23 bits per heavy atom. The van der Waals surface area contributed by atoms with Crippen molar-refractivity contribution in [2.24, 2.45) is 0 Å². The Morgan fingerprint density at radius 1 is 0.723 bits per heavy atom. The van der Waals surface area contributed by atoms with Gasteiger partial charge in [-0.25, -0.2) is 0 Å². The van der Waals surface area contributed by atoms with E-state index in [-0.39, 0.29) is 32.7 Å². The number of esters is 1. The molecular weight excluding hydrogens is 616 g/mol. The standard InChI is InChI=1S/C32H52N4O11/c1-3-45-19-20-46-21-22-47-27-9-7-26(8-10-27)5-4-6-28(32(42)43)36-17-15-34(24-30(39)40)12-11-33(23-29(37)38)13-14-35(16-18-36)25-31(41)44-2/h7-10,28H,3-6,11-25H2,1-2H3,(H,37,38)(H,39,40)(H,42,43)/t28-/m0/s1. The van der Waals surface area contributed by atoms with Crippen molar-refractivity contribution in [3.05, 3.63) is 29.8 Å². The highest BCUT2D eigenvalue weighted by molar-refractivity contribution is 5.73. The van der Waals surface area contributed by atoms with Gasteiger partial charge >= 0.3 is 23.9 Å². The van der Waals surface area contributed by atoms with Crippen molar-refractivity contribution in [2.45, 2.75) is 32.2 Å². The van der Waals surface area contributed by atoms with Crippen LogP contribution in [0.5, 0.6) is 5.75 Å². The molecule has 0 aliphatic carbocycles. The number of aryl methyl sites for hydroxylation is 1. The minimum Gasteiger partial charge on any atom is -0.491 e. The number of methoxy groups -OCH3 is 1. The fraction of sp³-hybridized carbons (Fsp3) is 0.688. The van der Waals surface area contributed by atoms with Gasteiger partial charge in [-0.2, -0.15) is 0 Å². The van der Waals surface area contributed by atoms with Gasteiger partial charge in [0.05, 0.1) is 46.6 Å². The molecule has 15 heteroatoms. The van der Waals surface area contributed by atoms with Crippen LogP contribution in [-0.2, 0) is 39.8 Å². The molecule has 1 fully saturated rings. The molecule has 2 rings (SSSR count). The van der Waals surface area contributed by atoms with Crippen LogP contribution in [0.3, 0.4) is 0 Å². The molecule has 15 nitrogen and oxygen atoms in total. The van der Waals surface area contributed by atoms with E-state index >= 15 is 0 Å². The van der Waals surface area contributed by atoms with E-state index in [1.54, 1.807) is 9.80 Å². The number of ether oxygens (including phenoxy) is 4. The van der Waals surface area contributed by atoms with E-state index in [2.05, 4.69) is 0 Å². The first-order chi connectivity index (χ1) is 22.6. The van der Waals surface area contributed by atoms with E-state index in [9.17, 15) is 34.5 Å². The minimum atomic E-state index is -1.02. The number of aliphatic carboxylic acids is 3. The molecule has 1 aliphatic heterocycles. The van der Waals surface area contributed by atoms with Crippen molar-refractivity contribution in [3.8, 4) is 5.75 Å². The number of carbonyl (C=O) groups excluding carboxylic acids is 1. The van der Waals surface area contributed by atoms with Crippen LogP contribution >= 0.6 is 0 Å². The first-order valence-electron chi connectivity index (χ1n) is 16.1. The molecule has 1 aromatic rings. The number of hydrogen-bond acceptors (Lipinski definition) is 12. The summed E-state index contributed by atoms with van der Waals surface area (Å²) >= 11 is 0. The summed E-state index contributed by atoms with van der Waals surface area (Å²) < 4.78 is 21.3. The quantitative estimate of drug-likeness (QED) is 0.129. The SMILES string of the molecule is CCOCCOCCOc1ccc(CCC[C@@H](C(=O)O)N2CCN(CC(=O)O)CCN(CC(=O)O)CCN(CC(=O)OC)CC2)cc1. The van der Waals surface area contributed by atoms with Gasteiger partial charge in [0.25, 0.3) is 0 Å². The summed E-state index contributed by atoms with van der Waals surface area (Å²) in [6.07, 6.45) is 1.64. The molecule has 47 heavy (non-hydrogen) atoms. The number of benzene rings is 1. The first kappa shape index (κ1) is 39.8. The van der Waals surface area contributed by atoms with E-state index in [0.29, 0.717) is 91.6 Å². The lowest BCUT2D eigenvalue weighted by molar-refractivity contribution is -0.145. The van der Waals surface area contributed by atoms with E-state index in [1.807, 2.05) is 41.0 Å². The topological polar surface area (TPSA) is 179 Å². The molecule has 1 atom stereocenters. The fourth-order valence-corrected chi connectivity index (χ4v) is 5.27. The first-order valence-corrected chi connectivity index (χ1v) is 16.1. The average molecular weight is 669 g/mol. The van der Waals surface area contributed by atoms with Gasteiger partial charge in [-0.3, -0.25) is 38.8 Å². The second kappa shape index (κ2) is 23.1. The molecule has 0 amide bonds. The number of carbonyl (C=O) groups is 4. The van der Waals surface area contributed by atoms with Gasteiger partial charge in [0.1, 0.15) is 18.4 Å². The Kier molecular flexibility index (Phi) is 19.5. The maximum atomic E-state index is 12.5. The van der Waals surface area contributed by atoms with E-state index < -0.39 is 29.9 Å². The Hall–Kier alpha value is -3.34. The maximum absolute atomic E-state index is 12.5. The van der Waals surface area contributed by atoms with E-state index in [0.717, 1.165) is 11.3 Å². The molecule has 266 valence electrons. The third kappa shape index (κ3) is 17.4. The van der Waals surface area contributed by atoms with Crippen LogP contribution in [-0.4, -0.2) is 177 Å². The molecule has 1 aromatic carbocycles. The summed E-state index contributed by atoms with van der Waals surface area (Å²) in [7, 11) is 1.29. The Balaban J connectivity index is 2.04. The Bertz CT molecular complexity index is 1080. The lowest BCUT2D eigenvalue weighted by Gasteiger charge is -2.35. The lowest BCUT2D eigenvalue weighted by atomic mass is 10.0. The number of carboxylic acids is 3. The minimum absolute atomic E-state index is 0.0191. The summed E-state index contributed by atoms with van der Waals surface area (Å²) in [4.78, 5) is 54.8. The number of carboxylic acid groups (broad SMARTS) is 3. The van der Waals surface area contributed by atoms with Crippen molar-refractivity contribution in [1.82, 2.24) is 19.6 Å². The zero-order valence-electron chi connectivity index (χ0n) is 27.7. The van der Waals surface area contributed by atoms with Crippen LogP contribution in [0.4, 0.5) is 0 Å². The zero-order chi connectivity index (χ0) is 34.4. The van der Waals surface area contributed by atoms with Crippen molar-refractivity contribution in [1.29, 1.82) is 0 Å². The van der Waals surface area contributed by atoms with Crippen LogP contribution in [0.1, 0.15) is 25.3 Å². The molecule has 1 heterocycles. The molecule has 1 aliphatic rings. The monoisotopic (exact) mass is 668 g/mol. The molecule has 0 spiro atoms. The fourth-order valence-electron chi connectivity index (χ4n) is 5.27. The summed E-state index contributed by atoms with van der Waals surface area (Å²) in [6.45, 7) is 6.57. The molecular formula is C32H52N4O11. The van der Waals surface area contributed by atoms with Crippen molar-refractivity contribution >= 4 is 23.9 Å². The highest BCUT2D eigenvalue weighted by Gasteiger charge is 2.28. The zero-order valence-corrected chi connectivity index (χ0v) is 27.7. The molecule has 0 radical (unpaired) electrons. The van der Waals surface area contributed by atoms with Crippen molar-refractivity contribution in [3.63, 3.8) is 0 Å². The predicted octanol–water partition coefficient (Wildman–Crippen LogP) is 0.458. The highest BCUT2D eigenvalue weighted by atomic mass is 16.5. The van der Waals surface area contributed by atoms with Crippen LogP contribution < -0.4 is 4.74 Å². The third-order valence-corrected chi connectivity index (χ3v) is 7.83. The molecule has 0 saturated carbocycles. The van der Waals surface area contributed by atoms with Crippen molar-refractivity contribution < 1.29 is 53.4 Å². The Labute approximate surface area is 276 Å². The summed E-state index contributed by atoms with van der Waals surface area (Å²) in [5.74, 6) is -2.72. The van der Waals surface area contributed by atoms with Gasteiger partial charge in [0.15, 0.2) is 0 Å². The summed E-state index contributed by atoms with van der Waals surface area (Å²) in [5.41, 5.74) is 1.05. The molecule has 0 aromatic heterocycles. The maximum Gasteiger partial charge on any atom is 0.320 e. The number of nitrogens with zero attached hydrogens (tertiary/aromatic N) is 4. The van der Waals surface area contributed by atoms with Gasteiger partial charge in [-0.05, 0) is 43.9 Å². The molecule has 1 saturated heterocycles. The number of hydrogen-bond donors (Lipinski definition) is 3. The average Bonchev–Trinajstić information content (AvgIpc) is 3.03. The van der Waals surface area contributed by atoms with Gasteiger partial charge in [-0.15, -0.1) is 0 Å². The largest absolute Gasteiger partial charge is 0.491 e. The number of rotatable bonds is 20. The van der Waals surface area contributed by atoms with Crippen molar-refractivity contribution in [2.75, 3.05) is 112 Å². The van der Waals surface area contributed by atoms with Gasteiger partial charge in [0, 0.05) is 59.0 Å². The molecule has 0 bridgehead atoms.